The van der Waals surface area contributed by atoms with Gasteiger partial charge in [0, 0.05) is 11.1 Å². The molecule has 2 rings (SSSR count). The van der Waals surface area contributed by atoms with Crippen LogP contribution in [0.2, 0.25) is 0 Å². The van der Waals surface area contributed by atoms with Crippen LogP contribution in [0.3, 0.4) is 0 Å². The van der Waals surface area contributed by atoms with Gasteiger partial charge in [0.15, 0.2) is 5.78 Å². The summed E-state index contributed by atoms with van der Waals surface area (Å²) in [5.41, 5.74) is 0.982. The molecule has 0 heterocycles. The lowest BCUT2D eigenvalue weighted by molar-refractivity contribution is 0.103. The number of halogens is 2. The second-order valence-electron chi connectivity index (χ2n) is 4.65. The summed E-state index contributed by atoms with van der Waals surface area (Å²) in [4.78, 5) is 12.3. The van der Waals surface area contributed by atoms with Gasteiger partial charge in [-0.3, -0.25) is 4.79 Å². The fourth-order valence-corrected chi connectivity index (χ4v) is 2.14. The van der Waals surface area contributed by atoms with E-state index in [1.807, 2.05) is 13.8 Å². The number of carbonyl (C=O) groups is 1. The minimum absolute atomic E-state index is 0.0876. The van der Waals surface area contributed by atoms with Crippen LogP contribution in [0.15, 0.2) is 46.9 Å². The molecular formula is C16H14BrFO2. The molecule has 0 fully saturated rings. The Kier molecular flexibility index (Phi) is 4.55. The Bertz CT molecular complexity index is 621. The zero-order chi connectivity index (χ0) is 14.7. The lowest BCUT2D eigenvalue weighted by Crippen LogP contribution is -2.06. The molecule has 0 bridgehead atoms. The monoisotopic (exact) mass is 336 g/mol. The van der Waals surface area contributed by atoms with Crippen LogP contribution in [0.1, 0.15) is 29.8 Å². The summed E-state index contributed by atoms with van der Waals surface area (Å²) in [6.07, 6.45) is 0.0876. The first kappa shape index (κ1) is 14.7. The summed E-state index contributed by atoms with van der Waals surface area (Å²) in [5, 5.41) is 0. The van der Waals surface area contributed by atoms with E-state index >= 15 is 0 Å². The van der Waals surface area contributed by atoms with Gasteiger partial charge < -0.3 is 4.74 Å². The third-order valence-corrected chi connectivity index (χ3v) is 3.28. The highest BCUT2D eigenvalue weighted by Gasteiger charge is 2.11. The molecule has 2 aromatic carbocycles. The van der Waals surface area contributed by atoms with Gasteiger partial charge in [0.2, 0.25) is 0 Å². The molecule has 0 unspecified atom stereocenters. The molecule has 0 radical (unpaired) electrons. The van der Waals surface area contributed by atoms with Crippen molar-refractivity contribution in [2.75, 3.05) is 0 Å². The quantitative estimate of drug-likeness (QED) is 0.762. The summed E-state index contributed by atoms with van der Waals surface area (Å²) in [6, 6.07) is 11.1. The van der Waals surface area contributed by atoms with E-state index in [-0.39, 0.29) is 22.2 Å². The normalized spacial score (nSPS) is 10.7. The zero-order valence-corrected chi connectivity index (χ0v) is 12.8. The molecule has 0 saturated carbocycles. The molecule has 20 heavy (non-hydrogen) atoms. The predicted molar refractivity (Wildman–Crippen MR) is 79.7 cm³/mol. The maximum atomic E-state index is 13.2. The molecule has 104 valence electrons. The second kappa shape index (κ2) is 6.18. The number of ether oxygens (including phenoxy) is 1. The van der Waals surface area contributed by atoms with E-state index < -0.39 is 0 Å². The number of hydrogen-bond acceptors (Lipinski definition) is 2. The Labute approximate surface area is 125 Å². The van der Waals surface area contributed by atoms with Crippen molar-refractivity contribution in [1.29, 1.82) is 0 Å². The zero-order valence-electron chi connectivity index (χ0n) is 11.2. The van der Waals surface area contributed by atoms with Crippen molar-refractivity contribution in [3.8, 4) is 5.75 Å². The summed E-state index contributed by atoms with van der Waals surface area (Å²) in [7, 11) is 0. The summed E-state index contributed by atoms with van der Waals surface area (Å²) < 4.78 is 19.0. The Morgan fingerprint density at radius 1 is 1.10 bits per heavy atom. The molecule has 2 nitrogen and oxygen atoms in total. The Hall–Kier alpha value is -1.68. The molecule has 0 spiro atoms. The van der Waals surface area contributed by atoms with Crippen molar-refractivity contribution >= 4 is 21.7 Å². The van der Waals surface area contributed by atoms with E-state index in [9.17, 15) is 9.18 Å². The van der Waals surface area contributed by atoms with Crippen LogP contribution in [0.25, 0.3) is 0 Å². The molecule has 0 saturated heterocycles. The van der Waals surface area contributed by atoms with E-state index in [0.29, 0.717) is 11.1 Å². The van der Waals surface area contributed by atoms with Crippen LogP contribution in [0.5, 0.6) is 5.75 Å². The van der Waals surface area contributed by atoms with Gasteiger partial charge in [0.05, 0.1) is 10.6 Å². The van der Waals surface area contributed by atoms with Crippen molar-refractivity contribution < 1.29 is 13.9 Å². The lowest BCUT2D eigenvalue weighted by atomic mass is 10.0. The number of benzene rings is 2. The van der Waals surface area contributed by atoms with Crippen molar-refractivity contribution in [3.63, 3.8) is 0 Å². The number of carbonyl (C=O) groups excluding carboxylic acids is 1. The van der Waals surface area contributed by atoms with Crippen molar-refractivity contribution in [3.05, 3.63) is 63.9 Å². The van der Waals surface area contributed by atoms with Gasteiger partial charge in [-0.1, -0.05) is 0 Å². The minimum Gasteiger partial charge on any atom is -0.491 e. The summed E-state index contributed by atoms with van der Waals surface area (Å²) in [5.74, 6) is 0.181. The van der Waals surface area contributed by atoms with E-state index in [1.165, 1.54) is 18.2 Å². The van der Waals surface area contributed by atoms with E-state index in [4.69, 9.17) is 4.74 Å². The number of rotatable bonds is 4. The third kappa shape index (κ3) is 3.45. The first-order valence-corrected chi connectivity index (χ1v) is 7.03. The van der Waals surface area contributed by atoms with Crippen molar-refractivity contribution in [1.82, 2.24) is 0 Å². The van der Waals surface area contributed by atoms with Gasteiger partial charge in [-0.15, -0.1) is 0 Å². The van der Waals surface area contributed by atoms with Crippen LogP contribution in [-0.2, 0) is 0 Å². The van der Waals surface area contributed by atoms with Crippen LogP contribution in [-0.4, -0.2) is 11.9 Å². The minimum atomic E-state index is -0.387. The Morgan fingerprint density at radius 3 is 2.25 bits per heavy atom. The molecule has 0 aliphatic heterocycles. The molecule has 0 amide bonds. The molecule has 0 aliphatic rings. The number of ketones is 1. The predicted octanol–water partition coefficient (Wildman–Crippen LogP) is 4.61. The largest absolute Gasteiger partial charge is 0.491 e. The summed E-state index contributed by atoms with van der Waals surface area (Å²) in [6.45, 7) is 3.88. The van der Waals surface area contributed by atoms with Gasteiger partial charge in [-0.2, -0.15) is 0 Å². The topological polar surface area (TPSA) is 26.3 Å². The highest BCUT2D eigenvalue weighted by molar-refractivity contribution is 9.10. The third-order valence-electron chi connectivity index (χ3n) is 2.67. The standard InChI is InChI=1S/C16H14BrFO2/c1-10(2)20-13-6-3-11(4-7-13)16(19)12-5-8-15(18)14(17)9-12/h3-10H,1-2H3. The second-order valence-corrected chi connectivity index (χ2v) is 5.50. The number of hydrogen-bond donors (Lipinski definition) is 0. The maximum absolute atomic E-state index is 13.2. The van der Waals surface area contributed by atoms with Crippen LogP contribution < -0.4 is 4.74 Å². The Balaban J connectivity index is 2.22. The van der Waals surface area contributed by atoms with Gasteiger partial charge in [-0.05, 0) is 72.2 Å². The van der Waals surface area contributed by atoms with Crippen LogP contribution in [0, 0.1) is 5.82 Å². The highest BCUT2D eigenvalue weighted by Crippen LogP contribution is 2.20. The van der Waals surface area contributed by atoms with Gasteiger partial charge in [0.1, 0.15) is 11.6 Å². The van der Waals surface area contributed by atoms with E-state index in [2.05, 4.69) is 15.9 Å². The van der Waals surface area contributed by atoms with Crippen LogP contribution in [0.4, 0.5) is 4.39 Å². The van der Waals surface area contributed by atoms with Crippen molar-refractivity contribution in [2.24, 2.45) is 0 Å². The van der Waals surface area contributed by atoms with Crippen LogP contribution >= 0.6 is 15.9 Å². The first-order valence-electron chi connectivity index (χ1n) is 6.24. The smallest absolute Gasteiger partial charge is 0.193 e. The molecule has 0 atom stereocenters. The SMILES string of the molecule is CC(C)Oc1ccc(C(=O)c2ccc(F)c(Br)c2)cc1. The average molecular weight is 337 g/mol. The maximum Gasteiger partial charge on any atom is 0.193 e. The average Bonchev–Trinajstić information content (AvgIpc) is 2.41. The van der Waals surface area contributed by atoms with E-state index in [1.54, 1.807) is 24.3 Å². The molecule has 4 heteroatoms. The summed E-state index contributed by atoms with van der Waals surface area (Å²) >= 11 is 3.08. The van der Waals surface area contributed by atoms with Gasteiger partial charge >= 0.3 is 0 Å². The van der Waals surface area contributed by atoms with Gasteiger partial charge in [-0.25, -0.2) is 4.39 Å². The lowest BCUT2D eigenvalue weighted by Gasteiger charge is -2.10. The molecule has 0 N–H and O–H groups in total. The highest BCUT2D eigenvalue weighted by atomic mass is 79.9. The van der Waals surface area contributed by atoms with Gasteiger partial charge in [0.25, 0.3) is 0 Å². The first-order chi connectivity index (χ1) is 9.47. The Morgan fingerprint density at radius 2 is 1.70 bits per heavy atom. The fourth-order valence-electron chi connectivity index (χ4n) is 1.76. The molecule has 2 aromatic rings. The fraction of sp³-hybridized carbons (Fsp3) is 0.188. The molecule has 0 aromatic heterocycles. The molecule has 0 aliphatic carbocycles. The van der Waals surface area contributed by atoms with Crippen molar-refractivity contribution in [2.45, 2.75) is 20.0 Å². The van der Waals surface area contributed by atoms with E-state index in [0.717, 1.165) is 5.75 Å². The molecular weight excluding hydrogens is 323 g/mol.